The van der Waals surface area contributed by atoms with Gasteiger partial charge in [-0.2, -0.15) is 9.40 Å². The number of aryl methyl sites for hydroxylation is 3. The van der Waals surface area contributed by atoms with E-state index in [9.17, 15) is 8.42 Å². The smallest absolute Gasteiger partial charge is 0.248 e. The van der Waals surface area contributed by atoms with Crippen molar-refractivity contribution in [2.75, 3.05) is 26.2 Å². The van der Waals surface area contributed by atoms with E-state index in [-0.39, 0.29) is 4.90 Å². The van der Waals surface area contributed by atoms with Gasteiger partial charge in [0.25, 0.3) is 0 Å². The van der Waals surface area contributed by atoms with Crippen molar-refractivity contribution < 1.29 is 12.9 Å². The van der Waals surface area contributed by atoms with Crippen LogP contribution in [0, 0.1) is 20.8 Å². The number of nitrogens with zero attached hydrogens (tertiary/aromatic N) is 5. The summed E-state index contributed by atoms with van der Waals surface area (Å²) in [6, 6.07) is 10.1. The van der Waals surface area contributed by atoms with Crippen LogP contribution in [0.2, 0.25) is 5.15 Å². The van der Waals surface area contributed by atoms with Crippen LogP contribution >= 0.6 is 11.6 Å². The van der Waals surface area contributed by atoms with Gasteiger partial charge in [-0.1, -0.05) is 47.1 Å². The zero-order chi connectivity index (χ0) is 22.2. The van der Waals surface area contributed by atoms with Crippen LogP contribution in [0.4, 0.5) is 0 Å². The van der Waals surface area contributed by atoms with Crippen molar-refractivity contribution in [1.29, 1.82) is 0 Å². The lowest BCUT2D eigenvalue weighted by molar-refractivity contribution is 0.181. The molecule has 3 heterocycles. The minimum atomic E-state index is -3.62. The Morgan fingerprint density at radius 2 is 1.68 bits per heavy atom. The summed E-state index contributed by atoms with van der Waals surface area (Å²) >= 11 is 6.65. The van der Waals surface area contributed by atoms with Gasteiger partial charge in [0.2, 0.25) is 10.0 Å². The molecular formula is C21H26ClN5O3S. The van der Waals surface area contributed by atoms with Crippen LogP contribution < -0.4 is 0 Å². The molecule has 166 valence electrons. The molecule has 0 saturated carbocycles. The highest BCUT2D eigenvalue weighted by molar-refractivity contribution is 7.89. The molecule has 0 N–H and O–H groups in total. The number of hydrogen-bond acceptors (Lipinski definition) is 6. The molecule has 1 saturated heterocycles. The van der Waals surface area contributed by atoms with Gasteiger partial charge < -0.3 is 4.52 Å². The fraction of sp³-hybridized carbons (Fsp3) is 0.429. The zero-order valence-corrected chi connectivity index (χ0v) is 19.4. The number of piperazine rings is 1. The van der Waals surface area contributed by atoms with E-state index in [2.05, 4.69) is 15.2 Å². The molecule has 31 heavy (non-hydrogen) atoms. The first-order valence-corrected chi connectivity index (χ1v) is 12.0. The van der Waals surface area contributed by atoms with Crippen molar-refractivity contribution in [1.82, 2.24) is 24.1 Å². The minimum Gasteiger partial charge on any atom is -0.360 e. The van der Waals surface area contributed by atoms with Crippen molar-refractivity contribution in [2.24, 2.45) is 0 Å². The maximum absolute atomic E-state index is 13.0. The van der Waals surface area contributed by atoms with Crippen LogP contribution in [0.15, 0.2) is 39.8 Å². The molecule has 0 radical (unpaired) electrons. The average molecular weight is 464 g/mol. The van der Waals surface area contributed by atoms with Gasteiger partial charge in [-0.25, -0.2) is 13.1 Å². The normalized spacial score (nSPS) is 16.1. The molecular weight excluding hydrogens is 438 g/mol. The molecule has 0 unspecified atom stereocenters. The van der Waals surface area contributed by atoms with Crippen LogP contribution in [0.1, 0.15) is 28.3 Å². The predicted octanol–water partition coefficient (Wildman–Crippen LogP) is 3.00. The fourth-order valence-corrected chi connectivity index (χ4v) is 5.96. The standard InChI is InChI=1S/C21H26ClN5O3S/c1-15-19(21(22)27(23-15)13-18-7-5-4-6-8-18)14-25-9-11-26(12-10-25)31(28,29)20-16(2)24-30-17(20)3/h4-8H,9-14H2,1-3H3. The van der Waals surface area contributed by atoms with Gasteiger partial charge in [0.05, 0.1) is 12.2 Å². The van der Waals surface area contributed by atoms with Gasteiger partial charge in [-0.15, -0.1) is 0 Å². The van der Waals surface area contributed by atoms with Gasteiger partial charge in [-0.05, 0) is 26.3 Å². The molecule has 0 atom stereocenters. The Hall–Kier alpha value is -2.20. The number of aromatic nitrogens is 3. The lowest BCUT2D eigenvalue weighted by atomic mass is 10.2. The van der Waals surface area contributed by atoms with E-state index in [4.69, 9.17) is 16.1 Å². The lowest BCUT2D eigenvalue weighted by Gasteiger charge is -2.33. The first-order chi connectivity index (χ1) is 14.8. The topological polar surface area (TPSA) is 84.5 Å². The molecule has 8 nitrogen and oxygen atoms in total. The average Bonchev–Trinajstić information content (AvgIpc) is 3.22. The molecule has 0 bridgehead atoms. The maximum atomic E-state index is 13.0. The Kier molecular flexibility index (Phi) is 6.20. The van der Waals surface area contributed by atoms with E-state index in [0.717, 1.165) is 16.8 Å². The van der Waals surface area contributed by atoms with Crippen LogP contribution in [0.5, 0.6) is 0 Å². The summed E-state index contributed by atoms with van der Waals surface area (Å²) in [7, 11) is -3.62. The number of benzene rings is 1. The Morgan fingerprint density at radius 1 is 1.00 bits per heavy atom. The Morgan fingerprint density at radius 3 is 2.29 bits per heavy atom. The molecule has 0 spiro atoms. The van der Waals surface area contributed by atoms with Crippen molar-refractivity contribution >= 4 is 21.6 Å². The van der Waals surface area contributed by atoms with Crippen molar-refractivity contribution in [3.8, 4) is 0 Å². The zero-order valence-electron chi connectivity index (χ0n) is 17.9. The molecule has 1 fully saturated rings. The molecule has 3 aromatic rings. The van der Waals surface area contributed by atoms with Gasteiger partial charge >= 0.3 is 0 Å². The quantitative estimate of drug-likeness (QED) is 0.558. The third-order valence-corrected chi connectivity index (χ3v) is 8.20. The van der Waals surface area contributed by atoms with E-state index in [1.807, 2.05) is 41.9 Å². The molecule has 1 aliphatic rings. The molecule has 4 rings (SSSR count). The summed E-state index contributed by atoms with van der Waals surface area (Å²) in [4.78, 5) is 2.39. The minimum absolute atomic E-state index is 0.182. The predicted molar refractivity (Wildman–Crippen MR) is 118 cm³/mol. The van der Waals surface area contributed by atoms with Gasteiger partial charge in [0.15, 0.2) is 5.76 Å². The molecule has 1 aliphatic heterocycles. The van der Waals surface area contributed by atoms with Crippen molar-refractivity contribution in [2.45, 2.75) is 38.8 Å². The largest absolute Gasteiger partial charge is 0.360 e. The highest BCUT2D eigenvalue weighted by atomic mass is 35.5. The summed E-state index contributed by atoms with van der Waals surface area (Å²) in [5, 5.41) is 9.03. The first kappa shape index (κ1) is 22.0. The molecule has 0 aliphatic carbocycles. The third-order valence-electron chi connectivity index (χ3n) is 5.64. The van der Waals surface area contributed by atoms with E-state index in [1.165, 1.54) is 4.31 Å². The van der Waals surface area contributed by atoms with E-state index in [0.29, 0.717) is 55.9 Å². The van der Waals surface area contributed by atoms with Crippen molar-refractivity contribution in [3.05, 3.63) is 63.8 Å². The second-order valence-corrected chi connectivity index (χ2v) is 10.1. The number of halogens is 1. The van der Waals surface area contributed by atoms with Crippen LogP contribution in [0.25, 0.3) is 0 Å². The summed E-state index contributed by atoms with van der Waals surface area (Å²) in [6.07, 6.45) is 0. The second-order valence-electron chi connectivity index (χ2n) is 7.83. The Balaban J connectivity index is 1.43. The third kappa shape index (κ3) is 4.41. The van der Waals surface area contributed by atoms with Crippen molar-refractivity contribution in [3.63, 3.8) is 0 Å². The highest BCUT2D eigenvalue weighted by Crippen LogP contribution is 2.26. The van der Waals surface area contributed by atoms with Crippen LogP contribution in [-0.4, -0.2) is 58.7 Å². The van der Waals surface area contributed by atoms with Crippen LogP contribution in [0.3, 0.4) is 0 Å². The lowest BCUT2D eigenvalue weighted by Crippen LogP contribution is -2.48. The fourth-order valence-electron chi connectivity index (χ4n) is 3.95. The molecule has 2 aromatic heterocycles. The summed E-state index contributed by atoms with van der Waals surface area (Å²) in [5.41, 5.74) is 3.41. The Bertz CT molecular complexity index is 1150. The van der Waals surface area contributed by atoms with E-state index in [1.54, 1.807) is 13.8 Å². The molecule has 10 heteroatoms. The number of rotatable bonds is 6. The molecule has 0 amide bonds. The number of hydrogen-bond donors (Lipinski definition) is 0. The summed E-state index contributed by atoms with van der Waals surface area (Å²) in [5.74, 6) is 0.327. The van der Waals surface area contributed by atoms with Gasteiger partial charge in [0.1, 0.15) is 15.7 Å². The first-order valence-electron chi connectivity index (χ1n) is 10.2. The SMILES string of the molecule is Cc1nn(Cc2ccccc2)c(Cl)c1CN1CCN(S(=O)(=O)c2c(C)noc2C)CC1. The highest BCUT2D eigenvalue weighted by Gasteiger charge is 2.33. The van der Waals surface area contributed by atoms with E-state index >= 15 is 0 Å². The van der Waals surface area contributed by atoms with E-state index < -0.39 is 10.0 Å². The summed E-state index contributed by atoms with van der Waals surface area (Å²) < 4.78 is 34.4. The second kappa shape index (κ2) is 8.74. The Labute approximate surface area is 187 Å². The maximum Gasteiger partial charge on any atom is 0.248 e. The monoisotopic (exact) mass is 463 g/mol. The van der Waals surface area contributed by atoms with Gasteiger partial charge in [0, 0.05) is 38.3 Å². The van der Waals surface area contributed by atoms with Gasteiger partial charge in [-0.3, -0.25) is 4.90 Å². The molecule has 1 aromatic carbocycles. The van der Waals surface area contributed by atoms with Crippen LogP contribution in [-0.2, 0) is 23.1 Å². The summed E-state index contributed by atoms with van der Waals surface area (Å²) in [6.45, 7) is 8.52. The number of sulfonamides is 1.